The number of hydrogen-bond acceptors (Lipinski definition) is 2. The molecule has 3 nitrogen and oxygen atoms in total. The second-order valence-corrected chi connectivity index (χ2v) is 4.38. The molecule has 0 unspecified atom stereocenters. The average Bonchev–Trinajstić information content (AvgIpc) is 2.48. The molecule has 0 spiro atoms. The van der Waals surface area contributed by atoms with Crippen LogP contribution in [0, 0.1) is 5.82 Å². The molecule has 0 heterocycles. The normalized spacial score (nSPS) is 10.1. The van der Waals surface area contributed by atoms with Crippen LogP contribution in [0.4, 0.5) is 10.1 Å². The Labute approximate surface area is 117 Å². The molecule has 0 fully saturated rings. The topological polar surface area (TPSA) is 38.3 Å². The van der Waals surface area contributed by atoms with Gasteiger partial charge in [0, 0.05) is 12.5 Å². The third kappa shape index (κ3) is 3.82. The largest absolute Gasteiger partial charge is 0.494 e. The molecule has 0 aromatic heterocycles. The minimum absolute atomic E-state index is 0.126. The third-order valence-electron chi connectivity index (χ3n) is 2.92. The number of aryl methyl sites for hydroxylation is 1. The first kappa shape index (κ1) is 14.1. The Kier molecular flexibility index (Phi) is 4.71. The Morgan fingerprint density at radius 2 is 1.95 bits per heavy atom. The van der Waals surface area contributed by atoms with Crippen molar-refractivity contribution in [1.29, 1.82) is 0 Å². The second-order valence-electron chi connectivity index (χ2n) is 4.38. The van der Waals surface area contributed by atoms with Gasteiger partial charge in [0.25, 0.3) is 0 Å². The van der Waals surface area contributed by atoms with Gasteiger partial charge in [0.2, 0.25) is 5.91 Å². The molecule has 20 heavy (non-hydrogen) atoms. The number of carbonyl (C=O) groups excluding carboxylic acids is 1. The van der Waals surface area contributed by atoms with Gasteiger partial charge < -0.3 is 10.1 Å². The van der Waals surface area contributed by atoms with Crippen LogP contribution in [0.5, 0.6) is 5.75 Å². The molecule has 0 bridgehead atoms. The zero-order chi connectivity index (χ0) is 14.4. The molecule has 0 aliphatic rings. The monoisotopic (exact) mass is 273 g/mol. The van der Waals surface area contributed by atoms with Crippen LogP contribution in [0.3, 0.4) is 0 Å². The van der Waals surface area contributed by atoms with Crippen LogP contribution in [0.15, 0.2) is 48.5 Å². The number of anilines is 1. The summed E-state index contributed by atoms with van der Waals surface area (Å²) < 4.78 is 18.1. The fourth-order valence-corrected chi connectivity index (χ4v) is 1.88. The van der Waals surface area contributed by atoms with Crippen molar-refractivity contribution in [2.45, 2.75) is 12.8 Å². The van der Waals surface area contributed by atoms with Gasteiger partial charge >= 0.3 is 0 Å². The molecule has 0 radical (unpaired) electrons. The smallest absolute Gasteiger partial charge is 0.224 e. The Bertz CT molecular complexity index is 584. The maximum atomic E-state index is 13.0. The Morgan fingerprint density at radius 1 is 1.20 bits per heavy atom. The summed E-state index contributed by atoms with van der Waals surface area (Å²) in [6, 6.07) is 13.8. The van der Waals surface area contributed by atoms with Crippen LogP contribution < -0.4 is 10.1 Å². The van der Waals surface area contributed by atoms with Crippen LogP contribution in [-0.4, -0.2) is 13.0 Å². The highest BCUT2D eigenvalue weighted by Crippen LogP contribution is 2.25. The first-order valence-corrected chi connectivity index (χ1v) is 6.36. The van der Waals surface area contributed by atoms with Crippen molar-refractivity contribution < 1.29 is 13.9 Å². The highest BCUT2D eigenvalue weighted by atomic mass is 19.1. The molecule has 0 saturated heterocycles. The summed E-state index contributed by atoms with van der Waals surface area (Å²) in [5, 5.41) is 2.73. The number of hydrogen-bond donors (Lipinski definition) is 1. The number of halogens is 1. The third-order valence-corrected chi connectivity index (χ3v) is 2.92. The lowest BCUT2D eigenvalue weighted by molar-refractivity contribution is -0.116. The van der Waals surface area contributed by atoms with E-state index in [1.54, 1.807) is 0 Å². The number of amides is 1. The van der Waals surface area contributed by atoms with E-state index in [0.717, 1.165) is 5.56 Å². The van der Waals surface area contributed by atoms with Gasteiger partial charge in [-0.1, -0.05) is 30.3 Å². The summed E-state index contributed by atoms with van der Waals surface area (Å²) >= 11 is 0. The van der Waals surface area contributed by atoms with Gasteiger partial charge in [0.05, 0.1) is 12.8 Å². The van der Waals surface area contributed by atoms with E-state index in [1.165, 1.54) is 25.3 Å². The Balaban J connectivity index is 1.95. The SMILES string of the molecule is COc1cc(F)ccc1NC(=O)CCc1ccccc1. The van der Waals surface area contributed by atoms with Gasteiger partial charge in [-0.25, -0.2) is 4.39 Å². The van der Waals surface area contributed by atoms with Gasteiger partial charge in [-0.2, -0.15) is 0 Å². The number of rotatable bonds is 5. The van der Waals surface area contributed by atoms with Gasteiger partial charge in [-0.3, -0.25) is 4.79 Å². The maximum Gasteiger partial charge on any atom is 0.224 e. The average molecular weight is 273 g/mol. The van der Waals surface area contributed by atoms with Crippen molar-refractivity contribution in [3.8, 4) is 5.75 Å². The fourth-order valence-electron chi connectivity index (χ4n) is 1.88. The van der Waals surface area contributed by atoms with Crippen molar-refractivity contribution in [2.75, 3.05) is 12.4 Å². The maximum absolute atomic E-state index is 13.0. The number of benzene rings is 2. The lowest BCUT2D eigenvalue weighted by Gasteiger charge is -2.10. The van der Waals surface area contributed by atoms with E-state index in [0.29, 0.717) is 24.3 Å². The molecular formula is C16H16FNO2. The lowest BCUT2D eigenvalue weighted by Crippen LogP contribution is -2.13. The molecule has 2 aromatic carbocycles. The van der Waals surface area contributed by atoms with Crippen LogP contribution in [0.25, 0.3) is 0 Å². The van der Waals surface area contributed by atoms with Crippen LogP contribution in [-0.2, 0) is 11.2 Å². The Hall–Kier alpha value is -2.36. The van der Waals surface area contributed by atoms with Gasteiger partial charge in [-0.15, -0.1) is 0 Å². The molecule has 0 aliphatic carbocycles. The molecule has 2 rings (SSSR count). The molecule has 4 heteroatoms. The van der Waals surface area contributed by atoms with Crippen molar-refractivity contribution >= 4 is 11.6 Å². The van der Waals surface area contributed by atoms with Crippen molar-refractivity contribution in [1.82, 2.24) is 0 Å². The minimum atomic E-state index is -0.399. The molecule has 0 saturated carbocycles. The number of nitrogens with one attached hydrogen (secondary N) is 1. The van der Waals surface area contributed by atoms with Crippen molar-refractivity contribution in [3.05, 3.63) is 59.9 Å². The van der Waals surface area contributed by atoms with E-state index in [-0.39, 0.29) is 5.91 Å². The molecule has 1 amide bonds. The molecular weight excluding hydrogens is 257 g/mol. The van der Waals surface area contributed by atoms with Crippen LogP contribution in [0.1, 0.15) is 12.0 Å². The predicted octanol–water partition coefficient (Wildman–Crippen LogP) is 3.41. The molecule has 0 atom stereocenters. The van der Waals surface area contributed by atoms with Gasteiger partial charge in [0.15, 0.2) is 0 Å². The highest BCUT2D eigenvalue weighted by molar-refractivity contribution is 5.92. The number of carbonyl (C=O) groups is 1. The molecule has 2 aromatic rings. The summed E-state index contributed by atoms with van der Waals surface area (Å²) in [6.07, 6.45) is 1.03. The van der Waals surface area contributed by atoms with Gasteiger partial charge in [-0.05, 0) is 24.1 Å². The van der Waals surface area contributed by atoms with E-state index in [9.17, 15) is 9.18 Å². The van der Waals surface area contributed by atoms with E-state index >= 15 is 0 Å². The first-order chi connectivity index (χ1) is 9.69. The zero-order valence-electron chi connectivity index (χ0n) is 11.2. The van der Waals surface area contributed by atoms with E-state index in [4.69, 9.17) is 4.74 Å². The summed E-state index contributed by atoms with van der Waals surface area (Å²) in [7, 11) is 1.44. The quantitative estimate of drug-likeness (QED) is 0.906. The summed E-state index contributed by atoms with van der Waals surface area (Å²) in [5.74, 6) is -0.207. The predicted molar refractivity (Wildman–Crippen MR) is 76.3 cm³/mol. The second kappa shape index (κ2) is 6.70. The first-order valence-electron chi connectivity index (χ1n) is 6.36. The summed E-state index contributed by atoms with van der Waals surface area (Å²) in [5.41, 5.74) is 1.58. The summed E-state index contributed by atoms with van der Waals surface area (Å²) in [6.45, 7) is 0. The number of ether oxygens (including phenoxy) is 1. The molecule has 0 aliphatic heterocycles. The zero-order valence-corrected chi connectivity index (χ0v) is 11.2. The molecule has 1 N–H and O–H groups in total. The summed E-state index contributed by atoms with van der Waals surface area (Å²) in [4.78, 5) is 11.9. The van der Waals surface area contributed by atoms with Crippen LogP contribution in [0.2, 0.25) is 0 Å². The standard InChI is InChI=1S/C16H16FNO2/c1-20-15-11-13(17)8-9-14(15)18-16(19)10-7-12-5-3-2-4-6-12/h2-6,8-9,11H,7,10H2,1H3,(H,18,19). The lowest BCUT2D eigenvalue weighted by atomic mass is 10.1. The van der Waals surface area contributed by atoms with Crippen molar-refractivity contribution in [3.63, 3.8) is 0 Å². The minimum Gasteiger partial charge on any atom is -0.494 e. The van der Waals surface area contributed by atoms with Crippen LogP contribution >= 0.6 is 0 Å². The Morgan fingerprint density at radius 3 is 2.65 bits per heavy atom. The van der Waals surface area contributed by atoms with Crippen molar-refractivity contribution in [2.24, 2.45) is 0 Å². The molecule has 104 valence electrons. The van der Waals surface area contributed by atoms with E-state index < -0.39 is 5.82 Å². The number of methoxy groups -OCH3 is 1. The van der Waals surface area contributed by atoms with Gasteiger partial charge in [0.1, 0.15) is 11.6 Å². The van der Waals surface area contributed by atoms with E-state index in [2.05, 4.69) is 5.32 Å². The van der Waals surface area contributed by atoms with E-state index in [1.807, 2.05) is 30.3 Å². The highest BCUT2D eigenvalue weighted by Gasteiger charge is 2.08. The fraction of sp³-hybridized carbons (Fsp3) is 0.188.